The van der Waals surface area contributed by atoms with Crippen LogP contribution in [-0.4, -0.2) is 27.8 Å². The van der Waals surface area contributed by atoms with Crippen LogP contribution in [0.5, 0.6) is 0 Å². The molecule has 1 heterocycles. The number of nitrogens with zero attached hydrogens (tertiary/aromatic N) is 2. The molecule has 6 heteroatoms. The Bertz CT molecular complexity index is 972. The van der Waals surface area contributed by atoms with Crippen molar-refractivity contribution < 1.29 is 14.7 Å². The van der Waals surface area contributed by atoms with Crippen LogP contribution in [-0.2, 0) is 0 Å². The number of carboxylic acid groups (broad SMARTS) is 1. The van der Waals surface area contributed by atoms with Crippen molar-refractivity contribution in [2.75, 3.05) is 0 Å². The molecule has 1 amide bonds. The number of carboxylic acids is 1. The van der Waals surface area contributed by atoms with Crippen molar-refractivity contribution in [3.8, 4) is 5.69 Å². The molecule has 0 radical (unpaired) electrons. The van der Waals surface area contributed by atoms with Crippen LogP contribution in [0.25, 0.3) is 5.69 Å². The Labute approximate surface area is 150 Å². The molecule has 3 aromatic rings. The van der Waals surface area contributed by atoms with Crippen LogP contribution < -0.4 is 5.43 Å². The summed E-state index contributed by atoms with van der Waals surface area (Å²) < 4.78 is 1.79. The van der Waals surface area contributed by atoms with Gasteiger partial charge in [-0.1, -0.05) is 23.8 Å². The highest BCUT2D eigenvalue weighted by molar-refractivity contribution is 5.94. The van der Waals surface area contributed by atoms with Gasteiger partial charge in [0.15, 0.2) is 0 Å². The fourth-order valence-electron chi connectivity index (χ4n) is 2.45. The van der Waals surface area contributed by atoms with Crippen LogP contribution in [0.4, 0.5) is 0 Å². The number of aromatic carboxylic acids is 1. The summed E-state index contributed by atoms with van der Waals surface area (Å²) >= 11 is 0. The van der Waals surface area contributed by atoms with E-state index in [1.807, 2.05) is 31.2 Å². The molecule has 0 aliphatic rings. The smallest absolute Gasteiger partial charge is 0.335 e. The monoisotopic (exact) mass is 347 g/mol. The maximum Gasteiger partial charge on any atom is 0.335 e. The van der Waals surface area contributed by atoms with Crippen molar-refractivity contribution in [2.45, 2.75) is 6.92 Å². The predicted octanol–water partition coefficient (Wildman–Crippen LogP) is 3.25. The van der Waals surface area contributed by atoms with E-state index in [0.717, 1.165) is 5.56 Å². The first kappa shape index (κ1) is 17.2. The van der Waals surface area contributed by atoms with Gasteiger partial charge in [0, 0.05) is 17.4 Å². The minimum atomic E-state index is -0.986. The normalized spacial score (nSPS) is 10.8. The topological polar surface area (TPSA) is 83.7 Å². The maximum atomic E-state index is 12.1. The van der Waals surface area contributed by atoms with Crippen LogP contribution in [0.15, 0.2) is 72.0 Å². The molecule has 2 N–H and O–H groups in total. The molecule has 2 aromatic carbocycles. The van der Waals surface area contributed by atoms with E-state index in [1.54, 1.807) is 41.1 Å². The number of nitrogens with one attached hydrogen (secondary N) is 1. The number of aromatic nitrogens is 1. The zero-order chi connectivity index (χ0) is 18.5. The molecular formula is C20H17N3O3. The van der Waals surface area contributed by atoms with Gasteiger partial charge in [-0.2, -0.15) is 5.10 Å². The van der Waals surface area contributed by atoms with Crippen LogP contribution >= 0.6 is 0 Å². The Morgan fingerprint density at radius 2 is 1.81 bits per heavy atom. The van der Waals surface area contributed by atoms with Gasteiger partial charge in [0.05, 0.1) is 17.5 Å². The van der Waals surface area contributed by atoms with E-state index in [9.17, 15) is 9.59 Å². The summed E-state index contributed by atoms with van der Waals surface area (Å²) in [4.78, 5) is 23.2. The van der Waals surface area contributed by atoms with Gasteiger partial charge in [0.25, 0.3) is 5.91 Å². The van der Waals surface area contributed by atoms with Gasteiger partial charge >= 0.3 is 5.97 Å². The number of hydrogen-bond acceptors (Lipinski definition) is 3. The molecule has 3 rings (SSSR count). The zero-order valence-corrected chi connectivity index (χ0v) is 14.1. The first-order chi connectivity index (χ1) is 12.5. The number of hydrazone groups is 1. The predicted molar refractivity (Wildman–Crippen MR) is 99.0 cm³/mol. The fourth-order valence-corrected chi connectivity index (χ4v) is 2.45. The molecule has 0 saturated carbocycles. The second-order valence-corrected chi connectivity index (χ2v) is 5.72. The third-order valence-electron chi connectivity index (χ3n) is 3.83. The average molecular weight is 347 g/mol. The quantitative estimate of drug-likeness (QED) is 0.549. The highest BCUT2D eigenvalue weighted by atomic mass is 16.4. The van der Waals surface area contributed by atoms with Gasteiger partial charge < -0.3 is 9.67 Å². The maximum absolute atomic E-state index is 12.1. The molecule has 0 spiro atoms. The Morgan fingerprint density at radius 1 is 1.04 bits per heavy atom. The minimum absolute atomic E-state index is 0.201. The molecular weight excluding hydrogens is 330 g/mol. The lowest BCUT2D eigenvalue weighted by Gasteiger charge is -2.07. The van der Waals surface area contributed by atoms with Gasteiger partial charge in [0.1, 0.15) is 0 Å². The van der Waals surface area contributed by atoms with E-state index in [1.165, 1.54) is 12.3 Å². The molecule has 0 aliphatic heterocycles. The minimum Gasteiger partial charge on any atom is -0.478 e. The highest BCUT2D eigenvalue weighted by Crippen LogP contribution is 2.14. The highest BCUT2D eigenvalue weighted by Gasteiger charge is 2.07. The molecule has 130 valence electrons. The van der Waals surface area contributed by atoms with E-state index >= 15 is 0 Å². The molecule has 6 nitrogen and oxygen atoms in total. The van der Waals surface area contributed by atoms with E-state index in [4.69, 9.17) is 5.11 Å². The van der Waals surface area contributed by atoms with Crippen molar-refractivity contribution in [2.24, 2.45) is 5.10 Å². The molecule has 1 aromatic heterocycles. The number of amides is 1. The SMILES string of the molecule is Cc1ccc(C(=O)N/N=C\c2cccn2-c2cccc(C(=O)O)c2)cc1. The van der Waals surface area contributed by atoms with Crippen molar-refractivity contribution in [3.63, 3.8) is 0 Å². The lowest BCUT2D eigenvalue weighted by Crippen LogP contribution is -2.17. The number of carbonyl (C=O) groups excluding carboxylic acids is 1. The molecule has 0 aliphatic carbocycles. The molecule has 0 saturated heterocycles. The number of rotatable bonds is 5. The first-order valence-electron chi connectivity index (χ1n) is 7.96. The zero-order valence-electron chi connectivity index (χ0n) is 14.1. The van der Waals surface area contributed by atoms with Gasteiger partial charge in [0.2, 0.25) is 0 Å². The van der Waals surface area contributed by atoms with Crippen molar-refractivity contribution in [1.29, 1.82) is 0 Å². The second-order valence-electron chi connectivity index (χ2n) is 5.72. The number of hydrogen-bond donors (Lipinski definition) is 2. The van der Waals surface area contributed by atoms with Crippen LogP contribution in [0.1, 0.15) is 32.0 Å². The molecule has 0 atom stereocenters. The molecule has 0 fully saturated rings. The Balaban J connectivity index is 1.75. The lowest BCUT2D eigenvalue weighted by molar-refractivity contribution is 0.0696. The van der Waals surface area contributed by atoms with Crippen LogP contribution in [0.2, 0.25) is 0 Å². The Hall–Kier alpha value is -3.67. The van der Waals surface area contributed by atoms with Crippen molar-refractivity contribution >= 4 is 18.1 Å². The summed E-state index contributed by atoms with van der Waals surface area (Å²) in [6, 6.07) is 17.4. The second kappa shape index (κ2) is 7.48. The van der Waals surface area contributed by atoms with Gasteiger partial charge in [-0.05, 0) is 49.4 Å². The largest absolute Gasteiger partial charge is 0.478 e. The fraction of sp³-hybridized carbons (Fsp3) is 0.0500. The van der Waals surface area contributed by atoms with Gasteiger partial charge in [-0.25, -0.2) is 10.2 Å². The lowest BCUT2D eigenvalue weighted by atomic mass is 10.1. The molecule has 26 heavy (non-hydrogen) atoms. The third-order valence-corrected chi connectivity index (χ3v) is 3.83. The molecule has 0 bridgehead atoms. The van der Waals surface area contributed by atoms with Gasteiger partial charge in [-0.15, -0.1) is 0 Å². The summed E-state index contributed by atoms with van der Waals surface area (Å²) in [5, 5.41) is 13.1. The number of carbonyl (C=O) groups is 2. The number of aryl methyl sites for hydroxylation is 1. The Kier molecular flexibility index (Phi) is 4.94. The summed E-state index contributed by atoms with van der Waals surface area (Å²) in [6.45, 7) is 1.95. The average Bonchev–Trinajstić information content (AvgIpc) is 3.11. The van der Waals surface area contributed by atoms with Crippen LogP contribution in [0.3, 0.4) is 0 Å². The van der Waals surface area contributed by atoms with Crippen molar-refractivity contribution in [3.05, 3.63) is 89.2 Å². The van der Waals surface area contributed by atoms with E-state index < -0.39 is 5.97 Å². The van der Waals surface area contributed by atoms with Crippen molar-refractivity contribution in [1.82, 2.24) is 9.99 Å². The van der Waals surface area contributed by atoms with Crippen LogP contribution in [0, 0.1) is 6.92 Å². The number of benzene rings is 2. The standard InChI is InChI=1S/C20H17N3O3/c1-14-7-9-15(10-8-14)19(24)22-21-13-18-6-3-11-23(18)17-5-2-4-16(12-17)20(25)26/h2-13H,1H3,(H,22,24)(H,25,26)/b21-13-. The summed E-state index contributed by atoms with van der Waals surface area (Å²) in [5.41, 5.74) is 5.69. The van der Waals surface area contributed by atoms with Gasteiger partial charge in [-0.3, -0.25) is 4.79 Å². The Morgan fingerprint density at radius 3 is 2.54 bits per heavy atom. The third kappa shape index (κ3) is 3.87. The van der Waals surface area contributed by atoms with E-state index in [-0.39, 0.29) is 11.5 Å². The van der Waals surface area contributed by atoms with E-state index in [0.29, 0.717) is 16.9 Å². The van der Waals surface area contributed by atoms with E-state index in [2.05, 4.69) is 10.5 Å². The summed E-state index contributed by atoms with van der Waals surface area (Å²) in [5.74, 6) is -1.29. The summed E-state index contributed by atoms with van der Waals surface area (Å²) in [7, 11) is 0. The molecule has 0 unspecified atom stereocenters. The first-order valence-corrected chi connectivity index (χ1v) is 7.96. The summed E-state index contributed by atoms with van der Waals surface area (Å²) in [6.07, 6.45) is 3.31.